The normalized spacial score (nSPS) is 30.0. The zero-order valence-electron chi connectivity index (χ0n) is 14.2. The summed E-state index contributed by atoms with van der Waals surface area (Å²) < 4.78 is 6.17. The Bertz CT molecular complexity index is 582. The molecule has 0 radical (unpaired) electrons. The van der Waals surface area contributed by atoms with Crippen molar-refractivity contribution in [3.05, 3.63) is 35.4 Å². The Morgan fingerprint density at radius 1 is 1.17 bits per heavy atom. The third-order valence-electron chi connectivity index (χ3n) is 6.24. The number of carboxylic acid groups (broad SMARTS) is 1. The lowest BCUT2D eigenvalue weighted by Gasteiger charge is -2.17. The van der Waals surface area contributed by atoms with Gasteiger partial charge in [-0.15, -0.1) is 0 Å². The van der Waals surface area contributed by atoms with Crippen molar-refractivity contribution in [1.29, 1.82) is 0 Å². The van der Waals surface area contributed by atoms with Gasteiger partial charge in [0, 0.05) is 13.1 Å². The molecule has 3 atom stereocenters. The summed E-state index contributed by atoms with van der Waals surface area (Å²) in [5.41, 5.74) is 2.76. The van der Waals surface area contributed by atoms with Gasteiger partial charge in [0.05, 0.1) is 12.7 Å². The molecule has 2 saturated carbocycles. The Morgan fingerprint density at radius 2 is 1.88 bits per heavy atom. The van der Waals surface area contributed by atoms with Gasteiger partial charge >= 0.3 is 6.09 Å². The number of benzene rings is 1. The molecule has 4 nitrogen and oxygen atoms in total. The Hall–Kier alpha value is -1.55. The number of rotatable bonds is 4. The summed E-state index contributed by atoms with van der Waals surface area (Å²) in [6.07, 6.45) is 6.93. The topological polar surface area (TPSA) is 49.8 Å². The Balaban J connectivity index is 1.29. The summed E-state index contributed by atoms with van der Waals surface area (Å²) >= 11 is 0. The van der Waals surface area contributed by atoms with Crippen molar-refractivity contribution in [2.45, 2.75) is 57.2 Å². The average molecular weight is 329 g/mol. The lowest BCUT2D eigenvalue weighted by molar-refractivity contribution is 0.0375. The molecule has 1 heterocycles. The molecule has 24 heavy (non-hydrogen) atoms. The molecule has 1 aromatic rings. The molecule has 0 bridgehead atoms. The Morgan fingerprint density at radius 3 is 2.54 bits per heavy atom. The largest absolute Gasteiger partial charge is 0.465 e. The van der Waals surface area contributed by atoms with E-state index in [0.29, 0.717) is 37.6 Å². The molecule has 0 spiro atoms. The van der Waals surface area contributed by atoms with E-state index in [9.17, 15) is 4.79 Å². The average Bonchev–Trinajstić information content (AvgIpc) is 3.28. The second-order valence-electron chi connectivity index (χ2n) is 7.84. The third-order valence-corrected chi connectivity index (χ3v) is 6.24. The molecule has 1 aliphatic heterocycles. The second-order valence-corrected chi connectivity index (χ2v) is 7.84. The minimum atomic E-state index is -0.773. The highest BCUT2D eigenvalue weighted by Crippen LogP contribution is 2.40. The molecule has 1 N–H and O–H groups in total. The maximum atomic E-state index is 11.1. The number of hydrogen-bond donors (Lipinski definition) is 1. The van der Waals surface area contributed by atoms with E-state index in [1.165, 1.54) is 36.8 Å². The minimum Gasteiger partial charge on any atom is -0.465 e. The number of ether oxygens (including phenoxy) is 1. The molecule has 3 fully saturated rings. The SMILES string of the molecule is O=C(O)N1C[C@H]2CC(OCc3cccc(C4CCCC4)c3)C[C@H]2C1. The van der Waals surface area contributed by atoms with Gasteiger partial charge in [0.2, 0.25) is 0 Å². The lowest BCUT2D eigenvalue weighted by atomic mass is 9.96. The molecule has 4 rings (SSSR count). The molecule has 1 aromatic carbocycles. The van der Waals surface area contributed by atoms with E-state index in [4.69, 9.17) is 9.84 Å². The van der Waals surface area contributed by atoms with Gasteiger partial charge in [-0.1, -0.05) is 37.1 Å². The highest BCUT2D eigenvalue weighted by Gasteiger charge is 2.42. The summed E-state index contributed by atoms with van der Waals surface area (Å²) in [4.78, 5) is 12.6. The van der Waals surface area contributed by atoms with Crippen LogP contribution in [0.15, 0.2) is 24.3 Å². The number of hydrogen-bond acceptors (Lipinski definition) is 2. The van der Waals surface area contributed by atoms with Gasteiger partial charge in [0.1, 0.15) is 0 Å². The first kappa shape index (κ1) is 15.9. The van der Waals surface area contributed by atoms with E-state index >= 15 is 0 Å². The van der Waals surface area contributed by atoms with Gasteiger partial charge in [-0.2, -0.15) is 0 Å². The monoisotopic (exact) mass is 329 g/mol. The standard InChI is InChI=1S/C20H27NO3/c22-20(23)21-11-17-9-19(10-18(17)12-21)24-13-14-4-3-7-16(8-14)15-5-1-2-6-15/h3-4,7-8,15,17-19H,1-2,5-6,9-13H2,(H,22,23)/t17-,18+,19?. The van der Waals surface area contributed by atoms with E-state index in [0.717, 1.165) is 18.8 Å². The van der Waals surface area contributed by atoms with Crippen LogP contribution in [-0.2, 0) is 11.3 Å². The summed E-state index contributed by atoms with van der Waals surface area (Å²) in [5, 5.41) is 9.10. The summed E-state index contributed by atoms with van der Waals surface area (Å²) in [6.45, 7) is 2.07. The highest BCUT2D eigenvalue weighted by atomic mass is 16.5. The fourth-order valence-electron chi connectivity index (χ4n) is 4.95. The number of likely N-dealkylation sites (tertiary alicyclic amines) is 1. The van der Waals surface area contributed by atoms with Crippen LogP contribution in [0.1, 0.15) is 55.6 Å². The fourth-order valence-corrected chi connectivity index (χ4v) is 4.95. The number of fused-ring (bicyclic) bond motifs is 1. The predicted molar refractivity (Wildman–Crippen MR) is 92.0 cm³/mol. The summed E-state index contributed by atoms with van der Waals surface area (Å²) in [6, 6.07) is 8.93. The van der Waals surface area contributed by atoms with Crippen LogP contribution in [0.25, 0.3) is 0 Å². The van der Waals surface area contributed by atoms with Crippen LogP contribution in [0, 0.1) is 11.8 Å². The van der Waals surface area contributed by atoms with Crippen molar-refractivity contribution in [2.24, 2.45) is 11.8 Å². The molecule has 130 valence electrons. The van der Waals surface area contributed by atoms with Gasteiger partial charge in [-0.05, 0) is 54.6 Å². The van der Waals surface area contributed by atoms with Crippen LogP contribution in [0.4, 0.5) is 4.79 Å². The molecule has 3 aliphatic rings. The number of carbonyl (C=O) groups is 1. The maximum Gasteiger partial charge on any atom is 0.407 e. The fraction of sp³-hybridized carbons (Fsp3) is 0.650. The zero-order chi connectivity index (χ0) is 16.5. The van der Waals surface area contributed by atoms with Gasteiger partial charge in [0.25, 0.3) is 0 Å². The van der Waals surface area contributed by atoms with Gasteiger partial charge in [0.15, 0.2) is 0 Å². The summed E-state index contributed by atoms with van der Waals surface area (Å²) in [7, 11) is 0. The van der Waals surface area contributed by atoms with Gasteiger partial charge < -0.3 is 14.7 Å². The van der Waals surface area contributed by atoms with Crippen molar-refractivity contribution in [3.8, 4) is 0 Å². The van der Waals surface area contributed by atoms with Gasteiger partial charge in [-0.25, -0.2) is 4.79 Å². The number of amides is 1. The maximum absolute atomic E-state index is 11.1. The molecule has 0 aromatic heterocycles. The molecule has 2 aliphatic carbocycles. The van der Waals surface area contributed by atoms with E-state index in [-0.39, 0.29) is 0 Å². The molecular formula is C20H27NO3. The van der Waals surface area contributed by atoms with Crippen molar-refractivity contribution in [2.75, 3.05) is 13.1 Å². The lowest BCUT2D eigenvalue weighted by Crippen LogP contribution is -2.28. The quantitative estimate of drug-likeness (QED) is 0.898. The van der Waals surface area contributed by atoms with Crippen molar-refractivity contribution in [1.82, 2.24) is 4.90 Å². The first-order valence-corrected chi connectivity index (χ1v) is 9.37. The minimum absolute atomic E-state index is 0.297. The molecule has 4 heteroatoms. The van der Waals surface area contributed by atoms with Crippen LogP contribution < -0.4 is 0 Å². The van der Waals surface area contributed by atoms with E-state index < -0.39 is 6.09 Å². The Kier molecular flexibility index (Phi) is 4.49. The smallest absolute Gasteiger partial charge is 0.407 e. The van der Waals surface area contributed by atoms with E-state index in [1.807, 2.05) is 0 Å². The molecule has 1 saturated heterocycles. The zero-order valence-corrected chi connectivity index (χ0v) is 14.2. The highest BCUT2D eigenvalue weighted by molar-refractivity contribution is 5.65. The van der Waals surface area contributed by atoms with Crippen molar-refractivity contribution in [3.63, 3.8) is 0 Å². The van der Waals surface area contributed by atoms with Crippen LogP contribution in [0.5, 0.6) is 0 Å². The second kappa shape index (κ2) is 6.75. The summed E-state index contributed by atoms with van der Waals surface area (Å²) in [5.74, 6) is 1.74. The molecule has 1 amide bonds. The van der Waals surface area contributed by atoms with Crippen molar-refractivity contribution >= 4 is 6.09 Å². The van der Waals surface area contributed by atoms with Crippen molar-refractivity contribution < 1.29 is 14.6 Å². The van der Waals surface area contributed by atoms with E-state index in [1.54, 1.807) is 4.90 Å². The number of nitrogens with zero attached hydrogens (tertiary/aromatic N) is 1. The molecular weight excluding hydrogens is 302 g/mol. The Labute approximate surface area is 143 Å². The third kappa shape index (κ3) is 3.30. The van der Waals surface area contributed by atoms with Crippen LogP contribution in [0.3, 0.4) is 0 Å². The predicted octanol–water partition coefficient (Wildman–Crippen LogP) is 4.25. The van der Waals surface area contributed by atoms with Crippen LogP contribution >= 0.6 is 0 Å². The van der Waals surface area contributed by atoms with Crippen LogP contribution in [0.2, 0.25) is 0 Å². The first-order valence-electron chi connectivity index (χ1n) is 9.37. The first-order chi connectivity index (χ1) is 11.7. The van der Waals surface area contributed by atoms with Crippen LogP contribution in [-0.4, -0.2) is 35.3 Å². The van der Waals surface area contributed by atoms with E-state index in [2.05, 4.69) is 24.3 Å². The molecule has 1 unspecified atom stereocenters. The van der Waals surface area contributed by atoms with Gasteiger partial charge in [-0.3, -0.25) is 0 Å².